The Balaban J connectivity index is 1.60. The van der Waals surface area contributed by atoms with E-state index in [1.54, 1.807) is 6.07 Å². The molecule has 124 valence electrons. The van der Waals surface area contributed by atoms with Crippen LogP contribution >= 0.6 is 0 Å². The number of hydrogen-bond donors (Lipinski definition) is 2. The van der Waals surface area contributed by atoms with Crippen LogP contribution in [0.2, 0.25) is 0 Å². The highest BCUT2D eigenvalue weighted by Gasteiger charge is 2.15. The summed E-state index contributed by atoms with van der Waals surface area (Å²) in [7, 11) is 0. The first-order chi connectivity index (χ1) is 12.8. The highest BCUT2D eigenvalue weighted by molar-refractivity contribution is 5.87. The number of phenolic OH excluding ortho intramolecular Hbond substituents is 1. The molecular weight excluding hydrogens is 320 g/mol. The van der Waals surface area contributed by atoms with Crippen molar-refractivity contribution < 1.29 is 5.11 Å². The summed E-state index contributed by atoms with van der Waals surface area (Å²) in [6, 6.07) is 20.2. The minimum atomic E-state index is 0.284. The number of aromatic hydroxyl groups is 1. The SMILES string of the molecule is Oc1ccc(-c2ccccc2)cc1C1=C=Cc2cc3cn[nH]c3cc2C1. The lowest BCUT2D eigenvalue weighted by Gasteiger charge is -2.15. The van der Waals surface area contributed by atoms with Gasteiger partial charge in [-0.2, -0.15) is 5.10 Å². The van der Waals surface area contributed by atoms with Crippen LogP contribution in [0.15, 0.2) is 72.6 Å². The molecule has 0 atom stereocenters. The molecule has 2 N–H and O–H groups in total. The van der Waals surface area contributed by atoms with E-state index in [9.17, 15) is 5.11 Å². The van der Waals surface area contributed by atoms with Gasteiger partial charge in [-0.15, -0.1) is 5.73 Å². The van der Waals surface area contributed by atoms with Crippen LogP contribution in [0.5, 0.6) is 5.75 Å². The normalized spacial score (nSPS) is 12.8. The zero-order chi connectivity index (χ0) is 17.5. The van der Waals surface area contributed by atoms with Crippen molar-refractivity contribution in [1.82, 2.24) is 10.2 Å². The summed E-state index contributed by atoms with van der Waals surface area (Å²) < 4.78 is 0. The van der Waals surface area contributed by atoms with Crippen molar-refractivity contribution in [3.8, 4) is 16.9 Å². The third kappa shape index (κ3) is 2.43. The van der Waals surface area contributed by atoms with E-state index >= 15 is 0 Å². The third-order valence-corrected chi connectivity index (χ3v) is 4.90. The lowest BCUT2D eigenvalue weighted by molar-refractivity contribution is 0.473. The van der Waals surface area contributed by atoms with Gasteiger partial charge in [0.1, 0.15) is 5.75 Å². The van der Waals surface area contributed by atoms with Gasteiger partial charge in [-0.1, -0.05) is 36.4 Å². The van der Waals surface area contributed by atoms with Crippen molar-refractivity contribution in [2.75, 3.05) is 0 Å². The molecule has 1 aromatic heterocycles. The van der Waals surface area contributed by atoms with Crippen molar-refractivity contribution in [2.45, 2.75) is 6.42 Å². The lowest BCUT2D eigenvalue weighted by Crippen LogP contribution is -1.97. The number of allylic oxidation sites excluding steroid dienone is 1. The molecule has 5 rings (SSSR count). The van der Waals surface area contributed by atoms with Gasteiger partial charge in [-0.05, 0) is 52.6 Å². The molecule has 0 saturated carbocycles. The second-order valence-corrected chi connectivity index (χ2v) is 6.55. The molecule has 0 saturated heterocycles. The second kappa shape index (κ2) is 5.76. The quantitative estimate of drug-likeness (QED) is 0.495. The zero-order valence-electron chi connectivity index (χ0n) is 14.0. The fourth-order valence-corrected chi connectivity index (χ4v) is 3.51. The molecule has 26 heavy (non-hydrogen) atoms. The number of benzene rings is 3. The molecule has 0 radical (unpaired) electrons. The summed E-state index contributed by atoms with van der Waals surface area (Å²) in [5.41, 5.74) is 10.8. The topological polar surface area (TPSA) is 48.9 Å². The molecule has 0 aliphatic heterocycles. The molecule has 1 heterocycles. The molecule has 0 bridgehead atoms. The van der Waals surface area contributed by atoms with Crippen molar-refractivity contribution in [2.24, 2.45) is 0 Å². The Bertz CT molecular complexity index is 1200. The number of fused-ring (bicyclic) bond motifs is 2. The van der Waals surface area contributed by atoms with Gasteiger partial charge < -0.3 is 5.11 Å². The smallest absolute Gasteiger partial charge is 0.123 e. The molecule has 3 aromatic carbocycles. The van der Waals surface area contributed by atoms with Crippen LogP contribution in [0.25, 0.3) is 33.7 Å². The Morgan fingerprint density at radius 3 is 2.73 bits per heavy atom. The van der Waals surface area contributed by atoms with Crippen LogP contribution in [0.1, 0.15) is 16.7 Å². The number of rotatable bonds is 2. The fourth-order valence-electron chi connectivity index (χ4n) is 3.51. The number of aromatic amines is 1. The van der Waals surface area contributed by atoms with Gasteiger partial charge in [-0.3, -0.25) is 5.10 Å². The molecule has 3 nitrogen and oxygen atoms in total. The summed E-state index contributed by atoms with van der Waals surface area (Å²) in [6.45, 7) is 0. The van der Waals surface area contributed by atoms with E-state index in [1.165, 1.54) is 5.56 Å². The second-order valence-electron chi connectivity index (χ2n) is 6.55. The highest BCUT2D eigenvalue weighted by Crippen LogP contribution is 2.35. The van der Waals surface area contributed by atoms with E-state index in [2.05, 4.69) is 40.2 Å². The van der Waals surface area contributed by atoms with E-state index in [-0.39, 0.29) is 5.75 Å². The molecule has 3 heteroatoms. The molecule has 0 unspecified atom stereocenters. The molecule has 1 aliphatic rings. The van der Waals surface area contributed by atoms with Crippen LogP contribution in [-0.4, -0.2) is 15.3 Å². The van der Waals surface area contributed by atoms with Crippen LogP contribution in [0.4, 0.5) is 0 Å². The van der Waals surface area contributed by atoms with Crippen LogP contribution in [-0.2, 0) is 6.42 Å². The van der Waals surface area contributed by atoms with Gasteiger partial charge in [0.05, 0.1) is 11.7 Å². The van der Waals surface area contributed by atoms with E-state index in [0.29, 0.717) is 0 Å². The number of nitrogens with zero attached hydrogens (tertiary/aromatic N) is 1. The summed E-state index contributed by atoms with van der Waals surface area (Å²) in [5, 5.41) is 18.7. The average Bonchev–Trinajstić information content (AvgIpc) is 3.14. The number of phenols is 1. The average molecular weight is 336 g/mol. The van der Waals surface area contributed by atoms with Gasteiger partial charge in [0.25, 0.3) is 0 Å². The maximum Gasteiger partial charge on any atom is 0.123 e. The lowest BCUT2D eigenvalue weighted by atomic mass is 9.89. The molecule has 0 fully saturated rings. The van der Waals surface area contributed by atoms with Crippen LogP contribution < -0.4 is 0 Å². The number of aromatic nitrogens is 2. The van der Waals surface area contributed by atoms with Crippen LogP contribution in [0, 0.1) is 0 Å². The largest absolute Gasteiger partial charge is 0.507 e. The van der Waals surface area contributed by atoms with Gasteiger partial charge in [0.2, 0.25) is 0 Å². The monoisotopic (exact) mass is 336 g/mol. The summed E-state index contributed by atoms with van der Waals surface area (Å²) in [4.78, 5) is 0. The third-order valence-electron chi connectivity index (χ3n) is 4.90. The Kier molecular flexibility index (Phi) is 3.27. The minimum Gasteiger partial charge on any atom is -0.507 e. The molecule has 0 spiro atoms. The van der Waals surface area contributed by atoms with Crippen molar-refractivity contribution in [3.05, 3.63) is 89.3 Å². The summed E-state index contributed by atoms with van der Waals surface area (Å²) >= 11 is 0. The highest BCUT2D eigenvalue weighted by atomic mass is 16.3. The Morgan fingerprint density at radius 2 is 1.85 bits per heavy atom. The first-order valence-corrected chi connectivity index (χ1v) is 8.58. The molecule has 4 aromatic rings. The van der Waals surface area contributed by atoms with E-state index in [0.717, 1.165) is 45.2 Å². The minimum absolute atomic E-state index is 0.284. The summed E-state index contributed by atoms with van der Waals surface area (Å²) in [6.07, 6.45) is 4.56. The standard InChI is InChI=1S/C23H16N2O/c26-23-9-8-17(15-4-2-1-3-5-15)12-21(23)18-7-6-16-10-20-14-24-25-22(20)13-19(16)11-18/h1-6,8-10,12-14,26H,11H2,(H,24,25). The van der Waals surface area contributed by atoms with E-state index < -0.39 is 0 Å². The van der Waals surface area contributed by atoms with Crippen LogP contribution in [0.3, 0.4) is 0 Å². The van der Waals surface area contributed by atoms with Crippen molar-refractivity contribution >= 4 is 22.6 Å². The van der Waals surface area contributed by atoms with Crippen molar-refractivity contribution in [3.63, 3.8) is 0 Å². The Morgan fingerprint density at radius 1 is 0.962 bits per heavy atom. The first-order valence-electron chi connectivity index (χ1n) is 8.58. The maximum absolute atomic E-state index is 10.4. The first kappa shape index (κ1) is 14.8. The summed E-state index contributed by atoms with van der Waals surface area (Å²) in [5.74, 6) is 0.284. The zero-order valence-corrected chi connectivity index (χ0v) is 14.0. The maximum atomic E-state index is 10.4. The molecular formula is C23H16N2O. The van der Waals surface area contributed by atoms with Gasteiger partial charge in [-0.25, -0.2) is 0 Å². The predicted molar refractivity (Wildman–Crippen MR) is 105 cm³/mol. The molecule has 0 amide bonds. The Hall–Kier alpha value is -3.55. The number of H-pyrrole nitrogens is 1. The predicted octanol–water partition coefficient (Wildman–Crippen LogP) is 5.19. The van der Waals surface area contributed by atoms with Gasteiger partial charge in [0.15, 0.2) is 0 Å². The Labute approximate surface area is 150 Å². The van der Waals surface area contributed by atoms with Gasteiger partial charge in [0, 0.05) is 22.9 Å². The van der Waals surface area contributed by atoms with Gasteiger partial charge >= 0.3 is 0 Å². The fraction of sp³-hybridized carbons (Fsp3) is 0.0435. The van der Waals surface area contributed by atoms with Crippen molar-refractivity contribution in [1.29, 1.82) is 0 Å². The number of nitrogens with one attached hydrogen (secondary N) is 1. The van der Waals surface area contributed by atoms with E-state index in [1.807, 2.05) is 42.6 Å². The number of hydrogen-bond acceptors (Lipinski definition) is 2. The van der Waals surface area contributed by atoms with E-state index in [4.69, 9.17) is 0 Å². The molecule has 1 aliphatic carbocycles.